The lowest BCUT2D eigenvalue weighted by Crippen LogP contribution is -2.43. The van der Waals surface area contributed by atoms with E-state index >= 15 is 0 Å². The Hall–Kier alpha value is -3.02. The average Bonchev–Trinajstić information content (AvgIpc) is 2.70. The predicted molar refractivity (Wildman–Crippen MR) is 98.6 cm³/mol. The van der Waals surface area contributed by atoms with Crippen LogP contribution < -0.4 is 19.7 Å². The molecule has 0 radical (unpaired) electrons. The van der Waals surface area contributed by atoms with Gasteiger partial charge in [-0.25, -0.2) is 0 Å². The van der Waals surface area contributed by atoms with Gasteiger partial charge in [0.05, 0.1) is 13.7 Å². The van der Waals surface area contributed by atoms with E-state index in [9.17, 15) is 9.59 Å². The van der Waals surface area contributed by atoms with Crippen LogP contribution in [0.25, 0.3) is 0 Å². The molecular weight excluding hydrogens is 332 g/mol. The van der Waals surface area contributed by atoms with Crippen LogP contribution in [0.3, 0.4) is 0 Å². The Morgan fingerprint density at radius 3 is 2.58 bits per heavy atom. The Morgan fingerprint density at radius 1 is 1.08 bits per heavy atom. The number of fused-ring (bicyclic) bond motifs is 1. The van der Waals surface area contributed by atoms with E-state index in [2.05, 4.69) is 5.32 Å². The molecule has 26 heavy (non-hydrogen) atoms. The summed E-state index contributed by atoms with van der Waals surface area (Å²) in [5.74, 6) is 0.834. The number of amides is 2. The van der Waals surface area contributed by atoms with Gasteiger partial charge >= 0.3 is 0 Å². The van der Waals surface area contributed by atoms with Gasteiger partial charge in [-0.2, -0.15) is 0 Å². The molecule has 0 unspecified atom stereocenters. The summed E-state index contributed by atoms with van der Waals surface area (Å²) in [5, 5.41) is 2.62. The third-order valence-corrected chi connectivity index (χ3v) is 4.28. The molecule has 0 fully saturated rings. The van der Waals surface area contributed by atoms with Crippen molar-refractivity contribution in [3.05, 3.63) is 54.1 Å². The second kappa shape index (κ2) is 8.38. The monoisotopic (exact) mass is 354 g/mol. The Bertz CT molecular complexity index is 774. The maximum Gasteiger partial charge on any atom is 0.258 e. The van der Waals surface area contributed by atoms with E-state index < -0.39 is 0 Å². The zero-order valence-electron chi connectivity index (χ0n) is 14.7. The Morgan fingerprint density at radius 2 is 1.81 bits per heavy atom. The van der Waals surface area contributed by atoms with Gasteiger partial charge in [0, 0.05) is 12.2 Å². The molecule has 2 aromatic carbocycles. The number of carbonyl (C=O) groups is 2. The van der Waals surface area contributed by atoms with Crippen molar-refractivity contribution in [1.82, 2.24) is 5.32 Å². The van der Waals surface area contributed by atoms with Crippen LogP contribution >= 0.6 is 0 Å². The minimum Gasteiger partial charge on any atom is -0.497 e. The zero-order valence-corrected chi connectivity index (χ0v) is 14.7. The summed E-state index contributed by atoms with van der Waals surface area (Å²) in [6.07, 6.45) is 1.90. The lowest BCUT2D eigenvalue weighted by molar-refractivity contribution is -0.126. The number of hydrogen-bond acceptors (Lipinski definition) is 4. The van der Waals surface area contributed by atoms with E-state index in [-0.39, 0.29) is 25.0 Å². The molecule has 0 aromatic heterocycles. The number of aryl methyl sites for hydroxylation is 1. The zero-order chi connectivity index (χ0) is 18.4. The molecule has 136 valence electrons. The second-order valence-electron chi connectivity index (χ2n) is 6.02. The fourth-order valence-corrected chi connectivity index (χ4v) is 2.93. The number of nitrogens with zero attached hydrogens (tertiary/aromatic N) is 1. The summed E-state index contributed by atoms with van der Waals surface area (Å²) >= 11 is 0. The normalized spacial score (nSPS) is 12.9. The minimum absolute atomic E-state index is 0.0425. The van der Waals surface area contributed by atoms with E-state index in [1.165, 1.54) is 5.56 Å². The number of ether oxygens (including phenoxy) is 2. The van der Waals surface area contributed by atoms with Crippen LogP contribution in [0, 0.1) is 0 Å². The topological polar surface area (TPSA) is 67.9 Å². The molecular formula is C20H22N2O4. The SMILES string of the molecule is COc1ccc(OCC(=O)NCC(=O)N2CCCc3ccccc32)cc1. The largest absolute Gasteiger partial charge is 0.497 e. The fraction of sp³-hybridized carbons (Fsp3) is 0.300. The summed E-state index contributed by atoms with van der Waals surface area (Å²) < 4.78 is 10.5. The van der Waals surface area contributed by atoms with Gasteiger partial charge in [-0.15, -0.1) is 0 Å². The molecule has 3 rings (SSSR count). The molecule has 0 bridgehead atoms. The molecule has 0 saturated carbocycles. The van der Waals surface area contributed by atoms with E-state index in [0.717, 1.165) is 18.5 Å². The molecule has 0 aliphatic carbocycles. The van der Waals surface area contributed by atoms with Crippen molar-refractivity contribution < 1.29 is 19.1 Å². The lowest BCUT2D eigenvalue weighted by atomic mass is 10.0. The first-order chi connectivity index (χ1) is 12.7. The highest BCUT2D eigenvalue weighted by Gasteiger charge is 2.22. The predicted octanol–water partition coefficient (Wildman–Crippen LogP) is 2.17. The number of methoxy groups -OCH3 is 1. The highest BCUT2D eigenvalue weighted by molar-refractivity contribution is 5.97. The summed E-state index contributed by atoms with van der Waals surface area (Å²) in [7, 11) is 1.58. The maximum atomic E-state index is 12.5. The van der Waals surface area contributed by atoms with Gasteiger partial charge in [-0.3, -0.25) is 9.59 Å². The lowest BCUT2D eigenvalue weighted by Gasteiger charge is -2.29. The van der Waals surface area contributed by atoms with Gasteiger partial charge in [0.15, 0.2) is 6.61 Å². The fourth-order valence-electron chi connectivity index (χ4n) is 2.93. The minimum atomic E-state index is -0.334. The van der Waals surface area contributed by atoms with Crippen molar-refractivity contribution in [3.8, 4) is 11.5 Å². The first-order valence-electron chi connectivity index (χ1n) is 8.59. The smallest absolute Gasteiger partial charge is 0.258 e. The second-order valence-corrected chi connectivity index (χ2v) is 6.02. The van der Waals surface area contributed by atoms with Crippen LogP contribution in [0.5, 0.6) is 11.5 Å². The van der Waals surface area contributed by atoms with E-state index in [4.69, 9.17) is 9.47 Å². The van der Waals surface area contributed by atoms with Crippen molar-refractivity contribution in [1.29, 1.82) is 0 Å². The third-order valence-electron chi connectivity index (χ3n) is 4.28. The van der Waals surface area contributed by atoms with E-state index in [0.29, 0.717) is 18.0 Å². The average molecular weight is 354 g/mol. The molecule has 1 heterocycles. The summed E-state index contributed by atoms with van der Waals surface area (Å²) in [6.45, 7) is 0.489. The summed E-state index contributed by atoms with van der Waals surface area (Å²) in [4.78, 5) is 26.1. The Kier molecular flexibility index (Phi) is 5.73. The quantitative estimate of drug-likeness (QED) is 0.863. The van der Waals surface area contributed by atoms with Gasteiger partial charge in [-0.1, -0.05) is 18.2 Å². The van der Waals surface area contributed by atoms with Crippen LogP contribution in [-0.2, 0) is 16.0 Å². The Balaban J connectivity index is 1.48. The van der Waals surface area contributed by atoms with Crippen LogP contribution in [0.1, 0.15) is 12.0 Å². The van der Waals surface area contributed by atoms with Crippen molar-refractivity contribution >= 4 is 17.5 Å². The first kappa shape index (κ1) is 17.8. The molecule has 0 saturated heterocycles. The molecule has 0 spiro atoms. The number of nitrogens with one attached hydrogen (secondary N) is 1. The van der Waals surface area contributed by atoms with Gasteiger partial charge in [0.1, 0.15) is 11.5 Å². The Labute approximate surface area is 152 Å². The number of rotatable bonds is 6. The van der Waals surface area contributed by atoms with Crippen LogP contribution in [0.2, 0.25) is 0 Å². The number of benzene rings is 2. The summed E-state index contributed by atoms with van der Waals surface area (Å²) in [6, 6.07) is 14.8. The van der Waals surface area contributed by atoms with Gasteiger partial charge in [0.2, 0.25) is 5.91 Å². The highest BCUT2D eigenvalue weighted by atomic mass is 16.5. The number of anilines is 1. The van der Waals surface area contributed by atoms with Crippen molar-refractivity contribution in [2.75, 3.05) is 31.7 Å². The highest BCUT2D eigenvalue weighted by Crippen LogP contribution is 2.26. The van der Waals surface area contributed by atoms with Crippen LogP contribution in [-0.4, -0.2) is 38.6 Å². The summed E-state index contributed by atoms with van der Waals surface area (Å²) in [5.41, 5.74) is 2.11. The molecule has 6 heteroatoms. The molecule has 2 amide bonds. The number of para-hydroxylation sites is 1. The number of carbonyl (C=O) groups excluding carboxylic acids is 2. The van der Waals surface area contributed by atoms with Crippen molar-refractivity contribution in [2.45, 2.75) is 12.8 Å². The van der Waals surface area contributed by atoms with E-state index in [1.807, 2.05) is 24.3 Å². The van der Waals surface area contributed by atoms with E-state index in [1.54, 1.807) is 36.3 Å². The van der Waals surface area contributed by atoms with Gasteiger partial charge < -0.3 is 19.7 Å². The van der Waals surface area contributed by atoms with Crippen molar-refractivity contribution in [2.24, 2.45) is 0 Å². The van der Waals surface area contributed by atoms with Crippen molar-refractivity contribution in [3.63, 3.8) is 0 Å². The molecule has 1 aliphatic rings. The maximum absolute atomic E-state index is 12.5. The standard InChI is InChI=1S/C20H22N2O4/c1-25-16-8-10-17(11-9-16)26-14-19(23)21-13-20(24)22-12-4-6-15-5-2-3-7-18(15)22/h2-3,5,7-11H,4,6,12-14H2,1H3,(H,21,23). The molecule has 1 N–H and O–H groups in total. The van der Waals surface area contributed by atoms with Crippen LogP contribution in [0.4, 0.5) is 5.69 Å². The molecule has 1 aliphatic heterocycles. The number of hydrogen-bond donors (Lipinski definition) is 1. The van der Waals surface area contributed by atoms with Gasteiger partial charge in [0.25, 0.3) is 5.91 Å². The molecule has 2 aromatic rings. The molecule has 0 atom stereocenters. The van der Waals surface area contributed by atoms with Gasteiger partial charge in [-0.05, 0) is 48.7 Å². The first-order valence-corrected chi connectivity index (χ1v) is 8.59. The van der Waals surface area contributed by atoms with Crippen LogP contribution in [0.15, 0.2) is 48.5 Å². The third kappa shape index (κ3) is 4.33. The molecule has 6 nitrogen and oxygen atoms in total.